The van der Waals surface area contributed by atoms with E-state index in [0.717, 1.165) is 0 Å². The first-order chi connectivity index (χ1) is 3.71. The molecule has 2 heteroatoms. The van der Waals surface area contributed by atoms with Crippen molar-refractivity contribution in [2.75, 3.05) is 0 Å². The smallest absolute Gasteiger partial charge is 0.167 e. The molecule has 0 saturated carbocycles. The number of alkyl halides is 1. The van der Waals surface area contributed by atoms with Crippen LogP contribution in [0.2, 0.25) is 5.31 Å². The molecule has 0 bridgehead atoms. The van der Waals surface area contributed by atoms with E-state index in [1.54, 1.807) is 21.1 Å². The summed E-state index contributed by atoms with van der Waals surface area (Å²) in [5.41, 5.74) is -1.14. The van der Waals surface area contributed by atoms with Crippen LogP contribution in [0.1, 0.15) is 34.6 Å². The lowest BCUT2D eigenvalue weighted by Crippen LogP contribution is -2.29. The van der Waals surface area contributed by atoms with Crippen molar-refractivity contribution in [1.29, 1.82) is 0 Å². The Morgan fingerprint density at radius 1 is 1.00 bits per heavy atom. The first-order valence-corrected chi connectivity index (χ1v) is 3.27. The number of hydrogen-bond donors (Lipinski definition) is 0. The fraction of sp³-hybridized carbons (Fsp3) is 1.00. The van der Waals surface area contributed by atoms with Gasteiger partial charge in [-0.05, 0) is 13.8 Å². The highest BCUT2D eigenvalue weighted by atomic mass is 19.1. The molecule has 0 atom stereocenters. The van der Waals surface area contributed by atoms with Gasteiger partial charge < -0.3 is 0 Å². The molecule has 1 radical (unpaired) electrons. The third-order valence-electron chi connectivity index (χ3n) is 0.776. The lowest BCUT2D eigenvalue weighted by molar-refractivity contribution is 0.321. The van der Waals surface area contributed by atoms with Gasteiger partial charge in [-0.1, -0.05) is 26.1 Å². The Balaban J connectivity index is 3.75. The van der Waals surface area contributed by atoms with Crippen LogP contribution in [0, 0.1) is 0 Å². The molecule has 0 aliphatic heterocycles. The molecule has 0 amide bonds. The molecule has 0 aliphatic carbocycles. The van der Waals surface area contributed by atoms with Gasteiger partial charge in [0.2, 0.25) is 0 Å². The second kappa shape index (κ2) is 2.32. The Kier molecular flexibility index (Phi) is 2.32. The van der Waals surface area contributed by atoms with Crippen LogP contribution in [-0.4, -0.2) is 12.8 Å². The summed E-state index contributed by atoms with van der Waals surface area (Å²) in [5.74, 6) is 0. The van der Waals surface area contributed by atoms with Crippen molar-refractivity contribution < 1.29 is 4.39 Å². The average Bonchev–Trinajstić information content (AvgIpc) is 1.14. The lowest BCUT2D eigenvalue weighted by atomic mass is 9.47. The van der Waals surface area contributed by atoms with E-state index in [-0.39, 0.29) is 5.31 Å². The summed E-state index contributed by atoms with van der Waals surface area (Å²) in [5, 5.41) is -0.0156. The SMILES string of the molecule is CC(C)(C)[B]C(C)(C)F. The summed E-state index contributed by atoms with van der Waals surface area (Å²) in [6.07, 6.45) is 0. The van der Waals surface area contributed by atoms with Crippen molar-refractivity contribution in [2.45, 2.75) is 45.5 Å². The van der Waals surface area contributed by atoms with Crippen LogP contribution < -0.4 is 0 Å². The minimum atomic E-state index is -1.14. The lowest BCUT2D eigenvalue weighted by Gasteiger charge is -2.23. The zero-order valence-electron chi connectivity index (χ0n) is 6.96. The Labute approximate surface area is 58.1 Å². The van der Waals surface area contributed by atoms with E-state index in [9.17, 15) is 4.39 Å². The molecule has 0 fully saturated rings. The highest BCUT2D eigenvalue weighted by molar-refractivity contribution is 6.43. The zero-order valence-corrected chi connectivity index (χ0v) is 6.96. The van der Waals surface area contributed by atoms with Crippen molar-refractivity contribution >= 4 is 7.28 Å². The summed E-state index contributed by atoms with van der Waals surface area (Å²) in [6.45, 7) is 9.12. The standard InChI is InChI=1S/C7H15BF/c1-6(2,3)8-7(4,5)9/h1-5H3. The molecule has 0 saturated heterocycles. The molecule has 0 unspecified atom stereocenters. The fourth-order valence-electron chi connectivity index (χ4n) is 1.03. The summed E-state index contributed by atoms with van der Waals surface area (Å²) in [4.78, 5) is 0. The second-order valence-corrected chi connectivity index (χ2v) is 4.07. The molecule has 0 spiro atoms. The van der Waals surface area contributed by atoms with Crippen molar-refractivity contribution in [1.82, 2.24) is 0 Å². The molecule has 0 aliphatic rings. The topological polar surface area (TPSA) is 0 Å². The highest BCUT2D eigenvalue weighted by Gasteiger charge is 2.26. The Bertz CT molecular complexity index is 74.1. The minimum absolute atomic E-state index is 0.0156. The van der Waals surface area contributed by atoms with Crippen molar-refractivity contribution in [3.63, 3.8) is 0 Å². The molecule has 0 aromatic carbocycles. The predicted octanol–water partition coefficient (Wildman–Crippen LogP) is 2.61. The van der Waals surface area contributed by atoms with Crippen molar-refractivity contribution in [3.05, 3.63) is 0 Å². The molecular formula is C7H15BF. The maximum atomic E-state index is 12.8. The largest absolute Gasteiger partial charge is 0.255 e. The van der Waals surface area contributed by atoms with Crippen LogP contribution in [0.15, 0.2) is 0 Å². The van der Waals surface area contributed by atoms with Crippen LogP contribution in [-0.2, 0) is 0 Å². The Morgan fingerprint density at radius 3 is 1.33 bits per heavy atom. The van der Waals surface area contributed by atoms with Gasteiger partial charge in [0.25, 0.3) is 0 Å². The maximum Gasteiger partial charge on any atom is 0.167 e. The minimum Gasteiger partial charge on any atom is -0.255 e. The van der Waals surface area contributed by atoms with Crippen LogP contribution in [0.4, 0.5) is 4.39 Å². The van der Waals surface area contributed by atoms with Gasteiger partial charge in [0, 0.05) is 0 Å². The molecule has 53 valence electrons. The second-order valence-electron chi connectivity index (χ2n) is 4.07. The Hall–Kier alpha value is -0.00506. The van der Waals surface area contributed by atoms with Crippen LogP contribution in [0.25, 0.3) is 0 Å². The first kappa shape index (κ1) is 8.99. The quantitative estimate of drug-likeness (QED) is 0.477. The van der Waals surface area contributed by atoms with Gasteiger partial charge in [-0.25, -0.2) is 0 Å². The van der Waals surface area contributed by atoms with E-state index in [1.165, 1.54) is 0 Å². The van der Waals surface area contributed by atoms with Crippen LogP contribution in [0.5, 0.6) is 0 Å². The summed E-state index contributed by atoms with van der Waals surface area (Å²) in [7, 11) is 1.71. The number of rotatable bonds is 1. The van der Waals surface area contributed by atoms with E-state index >= 15 is 0 Å². The Morgan fingerprint density at radius 2 is 1.33 bits per heavy atom. The van der Waals surface area contributed by atoms with Gasteiger partial charge in [0.1, 0.15) is 0 Å². The molecule has 0 heterocycles. The average molecular weight is 129 g/mol. The van der Waals surface area contributed by atoms with Gasteiger partial charge in [-0.3, -0.25) is 4.39 Å². The summed E-state index contributed by atoms with van der Waals surface area (Å²) in [6, 6.07) is 0. The number of halogens is 1. The van der Waals surface area contributed by atoms with E-state index in [4.69, 9.17) is 0 Å². The van der Waals surface area contributed by atoms with E-state index in [1.807, 2.05) is 20.8 Å². The molecule has 0 N–H and O–H groups in total. The third-order valence-corrected chi connectivity index (χ3v) is 0.776. The molecule has 0 aromatic heterocycles. The summed E-state index contributed by atoms with van der Waals surface area (Å²) >= 11 is 0. The fourth-order valence-corrected chi connectivity index (χ4v) is 1.03. The molecule has 0 aromatic rings. The molecule has 0 nitrogen and oxygen atoms in total. The van der Waals surface area contributed by atoms with E-state index in [0.29, 0.717) is 0 Å². The predicted molar refractivity (Wildman–Crippen MR) is 40.7 cm³/mol. The summed E-state index contributed by atoms with van der Waals surface area (Å²) < 4.78 is 12.8. The normalized spacial score (nSPS) is 13.6. The van der Waals surface area contributed by atoms with E-state index in [2.05, 4.69) is 0 Å². The highest BCUT2D eigenvalue weighted by Crippen LogP contribution is 2.26. The molecule has 9 heavy (non-hydrogen) atoms. The van der Waals surface area contributed by atoms with Gasteiger partial charge in [0.05, 0.1) is 5.57 Å². The van der Waals surface area contributed by atoms with Crippen LogP contribution >= 0.6 is 0 Å². The zero-order chi connectivity index (χ0) is 7.71. The van der Waals surface area contributed by atoms with Gasteiger partial charge in [0.15, 0.2) is 7.28 Å². The van der Waals surface area contributed by atoms with Crippen molar-refractivity contribution in [2.24, 2.45) is 0 Å². The monoisotopic (exact) mass is 129 g/mol. The van der Waals surface area contributed by atoms with Gasteiger partial charge in [-0.15, -0.1) is 0 Å². The number of hydrogen-bond acceptors (Lipinski definition) is 0. The van der Waals surface area contributed by atoms with Gasteiger partial charge in [-0.2, -0.15) is 0 Å². The molecule has 0 rings (SSSR count). The maximum absolute atomic E-state index is 12.8. The van der Waals surface area contributed by atoms with Gasteiger partial charge >= 0.3 is 0 Å². The third kappa shape index (κ3) is 7.99. The van der Waals surface area contributed by atoms with Crippen LogP contribution in [0.3, 0.4) is 0 Å². The van der Waals surface area contributed by atoms with Crippen molar-refractivity contribution in [3.8, 4) is 0 Å². The first-order valence-electron chi connectivity index (χ1n) is 3.27. The van der Waals surface area contributed by atoms with E-state index < -0.39 is 5.57 Å². The molecular weight excluding hydrogens is 114 g/mol.